The van der Waals surface area contributed by atoms with Gasteiger partial charge in [-0.1, -0.05) is 18.2 Å². The molecule has 0 spiro atoms. The Morgan fingerprint density at radius 2 is 2.26 bits per heavy atom. The van der Waals surface area contributed by atoms with Gasteiger partial charge in [0.15, 0.2) is 5.82 Å². The maximum absolute atomic E-state index is 12.9. The van der Waals surface area contributed by atoms with Gasteiger partial charge in [0.2, 0.25) is 0 Å². The van der Waals surface area contributed by atoms with Crippen LogP contribution in [0.1, 0.15) is 22.3 Å². The van der Waals surface area contributed by atoms with Crippen molar-refractivity contribution in [3.8, 4) is 0 Å². The smallest absolute Gasteiger partial charge is 0.255 e. The number of carbonyl (C=O) groups is 1. The fourth-order valence-corrected chi connectivity index (χ4v) is 3.82. The van der Waals surface area contributed by atoms with Crippen molar-refractivity contribution in [1.29, 1.82) is 0 Å². The molecule has 1 aliphatic rings. The van der Waals surface area contributed by atoms with Crippen LogP contribution < -0.4 is 0 Å². The Labute approximate surface area is 137 Å². The van der Waals surface area contributed by atoms with Crippen molar-refractivity contribution in [1.82, 2.24) is 19.7 Å². The zero-order valence-electron chi connectivity index (χ0n) is 12.7. The van der Waals surface area contributed by atoms with Crippen LogP contribution in [0.5, 0.6) is 0 Å². The van der Waals surface area contributed by atoms with E-state index in [-0.39, 0.29) is 12.0 Å². The molecular formula is C16H16N4O2S. The van der Waals surface area contributed by atoms with E-state index in [1.165, 1.54) is 0 Å². The van der Waals surface area contributed by atoms with Gasteiger partial charge in [0, 0.05) is 29.1 Å². The summed E-state index contributed by atoms with van der Waals surface area (Å²) >= 11 is 1.60. The lowest BCUT2D eigenvalue weighted by Gasteiger charge is -2.32. The lowest BCUT2D eigenvalue weighted by Crippen LogP contribution is -2.42. The van der Waals surface area contributed by atoms with Crippen molar-refractivity contribution in [2.45, 2.75) is 6.10 Å². The third-order valence-corrected chi connectivity index (χ3v) is 5.06. The van der Waals surface area contributed by atoms with E-state index in [9.17, 15) is 4.79 Å². The molecule has 4 rings (SSSR count). The summed E-state index contributed by atoms with van der Waals surface area (Å²) in [5, 5.41) is 10.9. The molecular weight excluding hydrogens is 312 g/mol. The maximum atomic E-state index is 12.9. The van der Waals surface area contributed by atoms with E-state index in [2.05, 4.69) is 10.2 Å². The first-order valence-electron chi connectivity index (χ1n) is 7.45. The van der Waals surface area contributed by atoms with Crippen LogP contribution in [0.2, 0.25) is 0 Å². The average molecular weight is 328 g/mol. The van der Waals surface area contributed by atoms with Gasteiger partial charge in [0.05, 0.1) is 18.7 Å². The van der Waals surface area contributed by atoms with Gasteiger partial charge in [0.25, 0.3) is 5.91 Å². The first-order valence-corrected chi connectivity index (χ1v) is 8.33. The summed E-state index contributed by atoms with van der Waals surface area (Å²) in [7, 11) is 1.88. The van der Waals surface area contributed by atoms with Gasteiger partial charge < -0.3 is 14.2 Å². The van der Waals surface area contributed by atoms with Crippen molar-refractivity contribution < 1.29 is 9.53 Å². The fourth-order valence-electron chi connectivity index (χ4n) is 2.89. The predicted molar refractivity (Wildman–Crippen MR) is 87.4 cm³/mol. The van der Waals surface area contributed by atoms with Crippen molar-refractivity contribution in [2.24, 2.45) is 7.05 Å². The zero-order chi connectivity index (χ0) is 15.8. The first kappa shape index (κ1) is 14.3. The van der Waals surface area contributed by atoms with Crippen molar-refractivity contribution in [3.05, 3.63) is 47.4 Å². The van der Waals surface area contributed by atoms with Gasteiger partial charge in [-0.05, 0) is 6.07 Å². The number of hydrogen-bond donors (Lipinski definition) is 0. The van der Waals surface area contributed by atoms with E-state index in [1.54, 1.807) is 17.7 Å². The highest BCUT2D eigenvalue weighted by molar-refractivity contribution is 7.17. The average Bonchev–Trinajstić information content (AvgIpc) is 3.20. The number of amides is 1. The van der Waals surface area contributed by atoms with Gasteiger partial charge in [-0.15, -0.1) is 21.5 Å². The van der Waals surface area contributed by atoms with Crippen LogP contribution in [0.4, 0.5) is 0 Å². The molecule has 1 fully saturated rings. The SMILES string of the molecule is Cn1cnnc1[C@H]1CN(C(=O)c2csc3ccccc23)CCO1. The van der Waals surface area contributed by atoms with Gasteiger partial charge in [0.1, 0.15) is 12.4 Å². The number of carbonyl (C=O) groups excluding carboxylic acids is 1. The molecule has 7 heteroatoms. The van der Waals surface area contributed by atoms with E-state index in [0.29, 0.717) is 19.7 Å². The van der Waals surface area contributed by atoms with E-state index < -0.39 is 0 Å². The quantitative estimate of drug-likeness (QED) is 0.724. The van der Waals surface area contributed by atoms with Crippen molar-refractivity contribution >= 4 is 27.3 Å². The summed E-state index contributed by atoms with van der Waals surface area (Å²) in [4.78, 5) is 14.8. The molecule has 0 aliphatic carbocycles. The molecule has 1 aromatic carbocycles. The number of fused-ring (bicyclic) bond motifs is 1. The molecule has 6 nitrogen and oxygen atoms in total. The van der Waals surface area contributed by atoms with Crippen molar-refractivity contribution in [2.75, 3.05) is 19.7 Å². The first-order chi connectivity index (χ1) is 11.2. The molecule has 3 aromatic rings. The van der Waals surface area contributed by atoms with Gasteiger partial charge >= 0.3 is 0 Å². The normalized spacial score (nSPS) is 18.5. The monoisotopic (exact) mass is 328 g/mol. The highest BCUT2D eigenvalue weighted by Crippen LogP contribution is 2.28. The van der Waals surface area contributed by atoms with Crippen LogP contribution in [0.3, 0.4) is 0 Å². The third kappa shape index (κ3) is 2.51. The van der Waals surface area contributed by atoms with Crippen LogP contribution in [-0.2, 0) is 11.8 Å². The second-order valence-corrected chi connectivity index (χ2v) is 6.47. The van der Waals surface area contributed by atoms with Gasteiger partial charge in [-0.25, -0.2) is 0 Å². The molecule has 1 atom stereocenters. The Morgan fingerprint density at radius 3 is 3.09 bits per heavy atom. The van der Waals surface area contributed by atoms with E-state index in [0.717, 1.165) is 21.5 Å². The summed E-state index contributed by atoms with van der Waals surface area (Å²) < 4.78 is 8.74. The second kappa shape index (κ2) is 5.75. The summed E-state index contributed by atoms with van der Waals surface area (Å²) in [6.07, 6.45) is 1.41. The van der Waals surface area contributed by atoms with E-state index >= 15 is 0 Å². The molecule has 0 bridgehead atoms. The van der Waals surface area contributed by atoms with E-state index in [4.69, 9.17) is 4.74 Å². The summed E-state index contributed by atoms with van der Waals surface area (Å²) in [5.74, 6) is 0.801. The molecule has 0 saturated carbocycles. The molecule has 118 valence electrons. The Morgan fingerprint density at radius 1 is 1.39 bits per heavy atom. The fraction of sp³-hybridized carbons (Fsp3) is 0.312. The van der Waals surface area contributed by atoms with Crippen LogP contribution >= 0.6 is 11.3 Å². The molecule has 0 unspecified atom stereocenters. The minimum atomic E-state index is -0.231. The number of nitrogens with zero attached hydrogens (tertiary/aromatic N) is 4. The second-order valence-electron chi connectivity index (χ2n) is 5.56. The lowest BCUT2D eigenvalue weighted by molar-refractivity contribution is -0.0280. The largest absolute Gasteiger partial charge is 0.366 e. The van der Waals surface area contributed by atoms with Gasteiger partial charge in [-0.2, -0.15) is 0 Å². The van der Waals surface area contributed by atoms with Crippen LogP contribution in [0.25, 0.3) is 10.1 Å². The molecule has 0 N–H and O–H groups in total. The lowest BCUT2D eigenvalue weighted by atomic mass is 10.1. The number of ether oxygens (including phenoxy) is 1. The zero-order valence-corrected chi connectivity index (χ0v) is 13.5. The Bertz CT molecular complexity index is 857. The minimum absolute atomic E-state index is 0.0536. The highest BCUT2D eigenvalue weighted by Gasteiger charge is 2.29. The summed E-state index contributed by atoms with van der Waals surface area (Å²) in [6.45, 7) is 1.60. The summed E-state index contributed by atoms with van der Waals surface area (Å²) in [5.41, 5.74) is 0.768. The van der Waals surface area contributed by atoms with Gasteiger partial charge in [-0.3, -0.25) is 4.79 Å². The van der Waals surface area contributed by atoms with Crippen molar-refractivity contribution in [3.63, 3.8) is 0 Å². The maximum Gasteiger partial charge on any atom is 0.255 e. The number of benzene rings is 1. The van der Waals surface area contributed by atoms with E-state index in [1.807, 2.05) is 46.2 Å². The molecule has 1 saturated heterocycles. The Hall–Kier alpha value is -2.25. The number of aryl methyl sites for hydroxylation is 1. The standard InChI is InChI=1S/C16H16N4O2S/c1-19-10-17-18-15(19)13-8-20(6-7-22-13)16(21)12-9-23-14-5-3-2-4-11(12)14/h2-5,9-10,13H,6-8H2,1H3/t13-/m1/s1. The number of aromatic nitrogens is 3. The molecule has 0 radical (unpaired) electrons. The molecule has 3 heterocycles. The molecule has 2 aromatic heterocycles. The van der Waals surface area contributed by atoms with Crippen LogP contribution in [-0.4, -0.2) is 45.3 Å². The minimum Gasteiger partial charge on any atom is -0.366 e. The summed E-state index contributed by atoms with van der Waals surface area (Å²) in [6, 6.07) is 8.00. The molecule has 23 heavy (non-hydrogen) atoms. The number of morpholine rings is 1. The third-order valence-electron chi connectivity index (χ3n) is 4.10. The highest BCUT2D eigenvalue weighted by atomic mass is 32.1. The number of hydrogen-bond acceptors (Lipinski definition) is 5. The molecule has 1 amide bonds. The number of rotatable bonds is 2. The van der Waals surface area contributed by atoms with Crippen LogP contribution in [0, 0.1) is 0 Å². The topological polar surface area (TPSA) is 60.2 Å². The predicted octanol–water partition coefficient (Wildman–Crippen LogP) is 2.24. The Balaban J connectivity index is 1.60. The Kier molecular flexibility index (Phi) is 3.59. The molecule has 1 aliphatic heterocycles. The number of thiophene rings is 1. The van der Waals surface area contributed by atoms with Crippen LogP contribution in [0.15, 0.2) is 36.0 Å².